The molecule has 4 atom stereocenters. The fourth-order valence-electron chi connectivity index (χ4n) is 3.30. The van der Waals surface area contributed by atoms with E-state index in [1.54, 1.807) is 0 Å². The molecule has 1 aliphatic rings. The van der Waals surface area contributed by atoms with Gasteiger partial charge in [-0.1, -0.05) is 23.4 Å². The van der Waals surface area contributed by atoms with Crippen LogP contribution in [0.5, 0.6) is 0 Å². The molecule has 3 aromatic rings. The maximum absolute atomic E-state index is 12.5. The van der Waals surface area contributed by atoms with Crippen molar-refractivity contribution in [3.8, 4) is 0 Å². The molecule has 0 saturated carbocycles. The molecule has 2 aromatic heterocycles. The number of imidazole rings is 1. The number of aliphatic hydroxyl groups excluding tert-OH is 2. The molecule has 1 unspecified atom stereocenters. The molecule has 4 rings (SSSR count). The van der Waals surface area contributed by atoms with E-state index in [0.29, 0.717) is 5.56 Å². The second-order valence-corrected chi connectivity index (χ2v) is 9.99. The van der Waals surface area contributed by atoms with E-state index in [-0.39, 0.29) is 38.6 Å². The van der Waals surface area contributed by atoms with Crippen molar-refractivity contribution < 1.29 is 38.7 Å². The number of hydrogen-bond donors (Lipinski definition) is 6. The minimum absolute atomic E-state index is 0.0127. The standard InChI is InChI=1S/C17H17ClN5O10PS/c18-8-3-7(23(27)28)2-1-6(8)5-35-17-21-14-10(16(26)22-17)19-15(20-14)13-12(25)11(24)9(33-13)4-32-34(29,30)31/h1-3,9,11-13,24-25H,4-5H2,(H2,29,30,31)(H2,19,20,21,22,26)/t9-,11-,12-,13?/m0/s1. The molecule has 0 radical (unpaired) electrons. The Morgan fingerprint density at radius 2 is 2.00 bits per heavy atom. The Hall–Kier alpha value is -2.40. The lowest BCUT2D eigenvalue weighted by molar-refractivity contribution is -0.384. The number of benzene rings is 1. The van der Waals surface area contributed by atoms with Gasteiger partial charge in [-0.2, -0.15) is 0 Å². The summed E-state index contributed by atoms with van der Waals surface area (Å²) >= 11 is 7.19. The molecular formula is C17H17ClN5O10PS. The summed E-state index contributed by atoms with van der Waals surface area (Å²) in [6.45, 7) is -0.690. The Labute approximate surface area is 203 Å². The van der Waals surface area contributed by atoms with Crippen molar-refractivity contribution in [1.82, 2.24) is 19.9 Å². The third-order valence-corrected chi connectivity index (χ3v) is 6.77. The normalized spacial score (nSPS) is 22.7. The van der Waals surface area contributed by atoms with Crippen molar-refractivity contribution in [2.24, 2.45) is 0 Å². The van der Waals surface area contributed by atoms with Crippen LogP contribution in [0.2, 0.25) is 5.02 Å². The number of halogens is 1. The van der Waals surface area contributed by atoms with Crippen LogP contribution in [0.25, 0.3) is 11.2 Å². The molecule has 1 saturated heterocycles. The fraction of sp³-hybridized carbons (Fsp3) is 0.353. The van der Waals surface area contributed by atoms with E-state index in [4.69, 9.17) is 26.1 Å². The first-order chi connectivity index (χ1) is 16.4. The van der Waals surface area contributed by atoms with Gasteiger partial charge in [0.05, 0.1) is 16.6 Å². The number of H-pyrrole nitrogens is 2. The SMILES string of the molecule is O=c1[nH]c(SCc2ccc([N+](=O)[O-])cc2Cl)nc2nc(C3O[C@@H](COP(=O)(O)O)[C@H](O)[C@@H]3O)[nH]c12. The van der Waals surface area contributed by atoms with Crippen LogP contribution in [0.1, 0.15) is 17.5 Å². The molecule has 1 aromatic carbocycles. The number of fused-ring (bicyclic) bond motifs is 1. The van der Waals surface area contributed by atoms with Crippen molar-refractivity contribution in [2.45, 2.75) is 35.3 Å². The average Bonchev–Trinajstić information content (AvgIpc) is 3.32. The Kier molecular flexibility index (Phi) is 7.28. The number of non-ortho nitro benzene ring substituents is 1. The van der Waals surface area contributed by atoms with E-state index in [1.165, 1.54) is 18.2 Å². The summed E-state index contributed by atoms with van der Waals surface area (Å²) in [5.41, 5.74) is -0.204. The first-order valence-electron chi connectivity index (χ1n) is 9.70. The highest BCUT2D eigenvalue weighted by atomic mass is 35.5. The quantitative estimate of drug-likeness (QED) is 0.0749. The number of ether oxygens (including phenoxy) is 1. The third kappa shape index (κ3) is 5.72. The predicted molar refractivity (Wildman–Crippen MR) is 120 cm³/mol. The average molecular weight is 550 g/mol. The van der Waals surface area contributed by atoms with Gasteiger partial charge in [-0.3, -0.25) is 24.4 Å². The smallest absolute Gasteiger partial charge is 0.387 e. The summed E-state index contributed by atoms with van der Waals surface area (Å²) in [6.07, 6.45) is -5.58. The third-order valence-electron chi connectivity index (χ3n) is 5.01. The van der Waals surface area contributed by atoms with Gasteiger partial charge in [-0.05, 0) is 11.6 Å². The summed E-state index contributed by atoms with van der Waals surface area (Å²) in [7, 11) is -4.82. The molecule has 0 bridgehead atoms. The highest BCUT2D eigenvalue weighted by molar-refractivity contribution is 7.98. The first kappa shape index (κ1) is 25.7. The Bertz CT molecular complexity index is 1380. The molecule has 0 spiro atoms. The lowest BCUT2D eigenvalue weighted by atomic mass is 10.1. The van der Waals surface area contributed by atoms with E-state index >= 15 is 0 Å². The fourth-order valence-corrected chi connectivity index (χ4v) is 4.83. The van der Waals surface area contributed by atoms with Crippen LogP contribution >= 0.6 is 31.2 Å². The lowest BCUT2D eigenvalue weighted by Gasteiger charge is -2.14. The summed E-state index contributed by atoms with van der Waals surface area (Å²) in [5, 5.41) is 31.6. The topological polar surface area (TPSA) is 234 Å². The highest BCUT2D eigenvalue weighted by Gasteiger charge is 2.45. The molecule has 3 heterocycles. The largest absolute Gasteiger partial charge is 0.469 e. The molecule has 6 N–H and O–H groups in total. The molecule has 18 heteroatoms. The van der Waals surface area contributed by atoms with Gasteiger partial charge in [-0.15, -0.1) is 0 Å². The van der Waals surface area contributed by atoms with Crippen molar-refractivity contribution in [3.63, 3.8) is 0 Å². The number of nitrogens with one attached hydrogen (secondary N) is 2. The van der Waals surface area contributed by atoms with Crippen molar-refractivity contribution in [2.75, 3.05) is 6.61 Å². The second kappa shape index (κ2) is 9.93. The summed E-state index contributed by atoms with van der Waals surface area (Å²) in [5.74, 6) is 0.198. The number of aromatic amines is 2. The van der Waals surface area contributed by atoms with E-state index in [1.807, 2.05) is 0 Å². The second-order valence-electron chi connectivity index (χ2n) is 7.38. The van der Waals surface area contributed by atoms with Crippen molar-refractivity contribution >= 4 is 48.0 Å². The van der Waals surface area contributed by atoms with Gasteiger partial charge in [-0.25, -0.2) is 14.5 Å². The molecule has 1 fully saturated rings. The van der Waals surface area contributed by atoms with Gasteiger partial charge in [0.1, 0.15) is 30.2 Å². The number of nitrogens with zero attached hydrogens (tertiary/aromatic N) is 3. The Morgan fingerprint density at radius 3 is 2.66 bits per heavy atom. The van der Waals surface area contributed by atoms with Crippen LogP contribution in [0.4, 0.5) is 5.69 Å². The van der Waals surface area contributed by atoms with Crippen LogP contribution < -0.4 is 5.56 Å². The van der Waals surface area contributed by atoms with Crippen LogP contribution in [0, 0.1) is 10.1 Å². The number of rotatable bonds is 8. The van der Waals surface area contributed by atoms with Gasteiger partial charge in [0.25, 0.3) is 11.2 Å². The van der Waals surface area contributed by atoms with Crippen molar-refractivity contribution in [1.29, 1.82) is 0 Å². The molecule has 1 aliphatic heterocycles. The number of thioether (sulfide) groups is 1. The Morgan fingerprint density at radius 1 is 1.26 bits per heavy atom. The zero-order valence-electron chi connectivity index (χ0n) is 17.3. The maximum Gasteiger partial charge on any atom is 0.469 e. The predicted octanol–water partition coefficient (Wildman–Crippen LogP) is 0.771. The van der Waals surface area contributed by atoms with Gasteiger partial charge in [0.2, 0.25) is 0 Å². The van der Waals surface area contributed by atoms with E-state index in [2.05, 4.69) is 24.5 Å². The number of nitro benzene ring substituents is 1. The molecule has 0 amide bonds. The Balaban J connectivity index is 1.51. The number of nitro groups is 1. The molecule has 15 nitrogen and oxygen atoms in total. The minimum atomic E-state index is -4.82. The number of aromatic nitrogens is 4. The molecule has 0 aliphatic carbocycles. The zero-order chi connectivity index (χ0) is 25.5. The zero-order valence-corrected chi connectivity index (χ0v) is 19.7. The van der Waals surface area contributed by atoms with Crippen LogP contribution in [-0.4, -0.2) is 69.8 Å². The van der Waals surface area contributed by atoms with Crippen LogP contribution in [0.15, 0.2) is 28.2 Å². The summed E-state index contributed by atoms with van der Waals surface area (Å²) in [6, 6.07) is 4.02. The number of aliphatic hydroxyl groups is 2. The maximum atomic E-state index is 12.5. The van der Waals surface area contributed by atoms with Crippen LogP contribution in [0.3, 0.4) is 0 Å². The number of hydrogen-bond acceptors (Lipinski definition) is 11. The summed E-state index contributed by atoms with van der Waals surface area (Å²) in [4.78, 5) is 54.0. The number of phosphoric ester groups is 1. The first-order valence-corrected chi connectivity index (χ1v) is 12.6. The highest BCUT2D eigenvalue weighted by Crippen LogP contribution is 2.39. The molecular weight excluding hydrogens is 533 g/mol. The lowest BCUT2D eigenvalue weighted by Crippen LogP contribution is -2.33. The minimum Gasteiger partial charge on any atom is -0.387 e. The van der Waals surface area contributed by atoms with E-state index < -0.39 is 49.3 Å². The number of phosphoric acid groups is 1. The van der Waals surface area contributed by atoms with Gasteiger partial charge in [0.15, 0.2) is 16.3 Å². The van der Waals surface area contributed by atoms with Gasteiger partial charge >= 0.3 is 7.82 Å². The molecule has 188 valence electrons. The van der Waals surface area contributed by atoms with E-state index in [0.717, 1.165) is 11.8 Å². The van der Waals surface area contributed by atoms with Gasteiger partial charge < -0.3 is 29.7 Å². The monoisotopic (exact) mass is 549 g/mol. The van der Waals surface area contributed by atoms with Crippen LogP contribution in [-0.2, 0) is 19.6 Å². The molecule has 35 heavy (non-hydrogen) atoms. The van der Waals surface area contributed by atoms with Crippen molar-refractivity contribution in [3.05, 3.63) is 55.1 Å². The summed E-state index contributed by atoms with van der Waals surface area (Å²) < 4.78 is 20.7. The van der Waals surface area contributed by atoms with Gasteiger partial charge in [0, 0.05) is 17.9 Å². The van der Waals surface area contributed by atoms with E-state index in [9.17, 15) is 29.7 Å².